The number of amides is 5. The molecule has 1 aliphatic carbocycles. The van der Waals surface area contributed by atoms with E-state index in [1.807, 2.05) is 32.9 Å². The molecule has 0 aromatic heterocycles. The van der Waals surface area contributed by atoms with Gasteiger partial charge in [0.2, 0.25) is 17.7 Å². The lowest BCUT2D eigenvalue weighted by Gasteiger charge is -2.37. The maximum absolute atomic E-state index is 14.1. The number of hydrogen-bond acceptors (Lipinski definition) is 5. The number of likely N-dealkylation sites (tertiary alicyclic amines) is 2. The second-order valence-corrected chi connectivity index (χ2v) is 12.2. The maximum Gasteiger partial charge on any atom is 0.317 e. The SMILES string of the molecule is CNC(=O)N1C[C@H](C(=O)N[C@@H]2CCCc3ccccc32)[C@@H]2[C@H]1CCN2C(=O)[C@@H](NC(=O)[C@H](C)NC)C(C)(C)C. The van der Waals surface area contributed by atoms with Crippen molar-refractivity contribution in [1.29, 1.82) is 0 Å². The first-order valence-corrected chi connectivity index (χ1v) is 14.1. The molecule has 0 unspecified atom stereocenters. The average molecular weight is 541 g/mol. The molecule has 10 nitrogen and oxygen atoms in total. The van der Waals surface area contributed by atoms with E-state index in [-0.39, 0.29) is 42.4 Å². The highest BCUT2D eigenvalue weighted by Crippen LogP contribution is 2.38. The van der Waals surface area contributed by atoms with Crippen LogP contribution in [0.15, 0.2) is 24.3 Å². The summed E-state index contributed by atoms with van der Waals surface area (Å²) in [5.74, 6) is -1.19. The smallest absolute Gasteiger partial charge is 0.317 e. The average Bonchev–Trinajstić information content (AvgIpc) is 3.51. The van der Waals surface area contributed by atoms with Gasteiger partial charge in [-0.15, -0.1) is 0 Å². The predicted molar refractivity (Wildman–Crippen MR) is 149 cm³/mol. The van der Waals surface area contributed by atoms with Gasteiger partial charge in [-0.3, -0.25) is 14.4 Å². The third-order valence-electron chi connectivity index (χ3n) is 8.63. The highest BCUT2D eigenvalue weighted by Gasteiger charge is 2.55. The first kappa shape index (κ1) is 28.9. The number of likely N-dealkylation sites (N-methyl/N-ethyl adjacent to an activating group) is 1. The van der Waals surface area contributed by atoms with Crippen LogP contribution in [0.1, 0.15) is 64.1 Å². The molecule has 4 N–H and O–H groups in total. The van der Waals surface area contributed by atoms with Crippen molar-refractivity contribution in [2.24, 2.45) is 11.3 Å². The van der Waals surface area contributed by atoms with E-state index < -0.39 is 29.5 Å². The van der Waals surface area contributed by atoms with Crippen molar-refractivity contribution < 1.29 is 19.2 Å². The molecular formula is C29H44N6O4. The van der Waals surface area contributed by atoms with Crippen LogP contribution in [0.25, 0.3) is 0 Å². The number of carbonyl (C=O) groups is 4. The standard InChI is InChI=1S/C29H44N6O4/c1-17(30-5)25(36)33-24(29(2,3)4)27(38)34-15-14-22-23(34)20(16-35(22)28(39)31-6)26(37)32-21-13-9-11-18-10-7-8-12-19(18)21/h7-8,10,12,17,20-24,30H,9,11,13-16H2,1-6H3,(H,31,39)(H,32,37)(H,33,36)/t17-,20-,21+,22+,23+,24+/m0/s1. The molecule has 10 heteroatoms. The van der Waals surface area contributed by atoms with Gasteiger partial charge >= 0.3 is 6.03 Å². The fourth-order valence-corrected chi connectivity index (χ4v) is 6.35. The van der Waals surface area contributed by atoms with Crippen molar-refractivity contribution in [3.63, 3.8) is 0 Å². The van der Waals surface area contributed by atoms with Crippen molar-refractivity contribution >= 4 is 23.8 Å². The summed E-state index contributed by atoms with van der Waals surface area (Å²) in [6, 6.07) is 5.90. The van der Waals surface area contributed by atoms with E-state index >= 15 is 0 Å². The summed E-state index contributed by atoms with van der Waals surface area (Å²) < 4.78 is 0. The molecular weight excluding hydrogens is 496 g/mol. The van der Waals surface area contributed by atoms with Crippen LogP contribution < -0.4 is 21.3 Å². The van der Waals surface area contributed by atoms with Crippen molar-refractivity contribution in [3.05, 3.63) is 35.4 Å². The van der Waals surface area contributed by atoms with Gasteiger partial charge in [-0.25, -0.2) is 4.79 Å². The Bertz CT molecular complexity index is 1100. The zero-order valence-corrected chi connectivity index (χ0v) is 24.0. The zero-order chi connectivity index (χ0) is 28.5. The van der Waals surface area contributed by atoms with Crippen LogP contribution in [0.5, 0.6) is 0 Å². The Labute approximate surface area is 231 Å². The van der Waals surface area contributed by atoms with Crippen molar-refractivity contribution in [1.82, 2.24) is 31.1 Å². The first-order chi connectivity index (χ1) is 18.5. The van der Waals surface area contributed by atoms with Crippen LogP contribution in [0.3, 0.4) is 0 Å². The van der Waals surface area contributed by atoms with Crippen LogP contribution in [-0.2, 0) is 20.8 Å². The molecule has 2 saturated heterocycles. The summed E-state index contributed by atoms with van der Waals surface area (Å²) in [6.45, 7) is 8.16. The molecule has 0 saturated carbocycles. The Morgan fingerprint density at radius 3 is 2.41 bits per heavy atom. The van der Waals surface area contributed by atoms with Gasteiger partial charge in [0.25, 0.3) is 0 Å². The number of rotatable bonds is 6. The molecule has 4 rings (SSSR count). The molecule has 6 atom stereocenters. The van der Waals surface area contributed by atoms with Gasteiger partial charge in [-0.1, -0.05) is 45.0 Å². The van der Waals surface area contributed by atoms with Crippen molar-refractivity contribution in [2.45, 2.75) is 83.6 Å². The number of nitrogens with one attached hydrogen (secondary N) is 4. The normalized spacial score (nSPS) is 25.8. The van der Waals surface area contributed by atoms with Gasteiger partial charge in [-0.05, 0) is 56.2 Å². The number of urea groups is 1. The molecule has 0 spiro atoms. The minimum absolute atomic E-state index is 0.0925. The Hall–Kier alpha value is -3.14. The molecule has 2 heterocycles. The lowest BCUT2D eigenvalue weighted by Crippen LogP contribution is -2.59. The highest BCUT2D eigenvalue weighted by molar-refractivity contribution is 5.92. The van der Waals surface area contributed by atoms with Crippen molar-refractivity contribution in [3.8, 4) is 0 Å². The summed E-state index contributed by atoms with van der Waals surface area (Å²) in [6.07, 6.45) is 3.42. The lowest BCUT2D eigenvalue weighted by molar-refractivity contribution is -0.142. The van der Waals surface area contributed by atoms with E-state index in [0.29, 0.717) is 13.0 Å². The molecule has 2 fully saturated rings. The Kier molecular flexibility index (Phi) is 8.54. The molecule has 1 aromatic rings. The third-order valence-corrected chi connectivity index (χ3v) is 8.63. The quantitative estimate of drug-likeness (QED) is 0.436. The van der Waals surface area contributed by atoms with Crippen LogP contribution in [0, 0.1) is 11.3 Å². The molecule has 0 bridgehead atoms. The number of hydrogen-bond donors (Lipinski definition) is 4. The number of fused-ring (bicyclic) bond motifs is 2. The number of benzene rings is 1. The number of carbonyl (C=O) groups excluding carboxylic acids is 4. The minimum atomic E-state index is -0.775. The van der Waals surface area contributed by atoms with Crippen LogP contribution in [0.2, 0.25) is 0 Å². The third kappa shape index (κ3) is 5.76. The fourth-order valence-electron chi connectivity index (χ4n) is 6.35. The fraction of sp³-hybridized carbons (Fsp3) is 0.655. The first-order valence-electron chi connectivity index (χ1n) is 14.1. The topological polar surface area (TPSA) is 123 Å². The van der Waals surface area contributed by atoms with E-state index in [1.54, 1.807) is 30.8 Å². The van der Waals surface area contributed by atoms with Gasteiger partial charge in [0.15, 0.2) is 0 Å². The van der Waals surface area contributed by atoms with Gasteiger partial charge in [-0.2, -0.15) is 0 Å². The molecule has 0 radical (unpaired) electrons. The second-order valence-electron chi connectivity index (χ2n) is 12.2. The number of aryl methyl sites for hydroxylation is 1. The van der Waals surface area contributed by atoms with E-state index in [0.717, 1.165) is 24.8 Å². The molecule has 3 aliphatic rings. The zero-order valence-electron chi connectivity index (χ0n) is 24.0. The Morgan fingerprint density at radius 2 is 1.74 bits per heavy atom. The van der Waals surface area contributed by atoms with Gasteiger partial charge in [0, 0.05) is 20.1 Å². The summed E-state index contributed by atoms with van der Waals surface area (Å²) >= 11 is 0. The van der Waals surface area contributed by atoms with Gasteiger partial charge < -0.3 is 31.1 Å². The van der Waals surface area contributed by atoms with Gasteiger partial charge in [0.1, 0.15) is 6.04 Å². The van der Waals surface area contributed by atoms with E-state index in [1.165, 1.54) is 5.56 Å². The highest BCUT2D eigenvalue weighted by atomic mass is 16.2. The van der Waals surface area contributed by atoms with Crippen molar-refractivity contribution in [2.75, 3.05) is 27.2 Å². The van der Waals surface area contributed by atoms with E-state index in [9.17, 15) is 19.2 Å². The van der Waals surface area contributed by atoms with E-state index in [2.05, 4.69) is 33.4 Å². The van der Waals surface area contributed by atoms with Gasteiger partial charge in [0.05, 0.1) is 30.1 Å². The molecule has 1 aromatic carbocycles. The number of nitrogens with zero attached hydrogens (tertiary/aromatic N) is 2. The molecule has 39 heavy (non-hydrogen) atoms. The maximum atomic E-state index is 14.1. The monoisotopic (exact) mass is 540 g/mol. The van der Waals surface area contributed by atoms with Crippen LogP contribution >= 0.6 is 0 Å². The summed E-state index contributed by atoms with van der Waals surface area (Å²) in [5, 5.41) is 11.8. The summed E-state index contributed by atoms with van der Waals surface area (Å²) in [4.78, 5) is 57.0. The predicted octanol–water partition coefficient (Wildman–Crippen LogP) is 1.56. The molecule has 5 amide bonds. The summed E-state index contributed by atoms with van der Waals surface area (Å²) in [5.41, 5.74) is 1.84. The second kappa shape index (κ2) is 11.5. The van der Waals surface area contributed by atoms with E-state index in [4.69, 9.17) is 0 Å². The largest absolute Gasteiger partial charge is 0.349 e. The Morgan fingerprint density at radius 1 is 1.03 bits per heavy atom. The lowest BCUT2D eigenvalue weighted by atomic mass is 9.84. The summed E-state index contributed by atoms with van der Waals surface area (Å²) in [7, 11) is 3.28. The van der Waals surface area contributed by atoms with Crippen LogP contribution in [-0.4, -0.2) is 84.9 Å². The van der Waals surface area contributed by atoms with Crippen LogP contribution in [0.4, 0.5) is 4.79 Å². The Balaban J connectivity index is 1.60. The minimum Gasteiger partial charge on any atom is -0.349 e. The molecule has 214 valence electrons. The molecule has 2 aliphatic heterocycles.